The molecular formula is C42H24O. The smallest absolute Gasteiger partial charge is 0.136 e. The maximum atomic E-state index is 6.43. The molecule has 1 heterocycles. The fraction of sp³-hybridized carbons (Fsp3) is 0. The summed E-state index contributed by atoms with van der Waals surface area (Å²) in [6, 6.07) is 53.1. The summed E-state index contributed by atoms with van der Waals surface area (Å²) in [5.74, 6) is 0. The minimum Gasteiger partial charge on any atom is -0.456 e. The normalized spacial score (nSPS) is 12.2. The van der Waals surface area contributed by atoms with Crippen molar-refractivity contribution in [2.75, 3.05) is 0 Å². The molecular weight excluding hydrogens is 520 g/mol. The predicted octanol–water partition coefficient (Wildman–Crippen LogP) is 12.2. The molecule has 1 nitrogen and oxygen atoms in total. The van der Waals surface area contributed by atoms with E-state index in [1.165, 1.54) is 70.2 Å². The zero-order chi connectivity index (χ0) is 28.1. The van der Waals surface area contributed by atoms with E-state index in [2.05, 4.69) is 146 Å². The van der Waals surface area contributed by atoms with Crippen LogP contribution in [-0.2, 0) is 0 Å². The van der Waals surface area contributed by atoms with Gasteiger partial charge in [-0.05, 0) is 106 Å². The van der Waals surface area contributed by atoms with E-state index in [9.17, 15) is 0 Å². The van der Waals surface area contributed by atoms with Crippen LogP contribution >= 0.6 is 0 Å². The van der Waals surface area contributed by atoms with Gasteiger partial charge >= 0.3 is 0 Å². The third-order valence-electron chi connectivity index (χ3n) is 9.38. The first-order valence-corrected chi connectivity index (χ1v) is 14.8. The lowest BCUT2D eigenvalue weighted by atomic mass is 9.86. The second kappa shape index (κ2) is 8.44. The summed E-state index contributed by atoms with van der Waals surface area (Å²) >= 11 is 0. The van der Waals surface area contributed by atoms with E-state index in [0.717, 1.165) is 27.5 Å². The van der Waals surface area contributed by atoms with Crippen molar-refractivity contribution in [3.63, 3.8) is 0 Å². The van der Waals surface area contributed by atoms with Crippen LogP contribution < -0.4 is 0 Å². The summed E-state index contributed by atoms with van der Waals surface area (Å²) in [4.78, 5) is 0. The van der Waals surface area contributed by atoms with Crippen LogP contribution in [0.25, 0.3) is 97.7 Å². The Hall–Kier alpha value is -5.66. The van der Waals surface area contributed by atoms with Gasteiger partial charge in [-0.3, -0.25) is 0 Å². The van der Waals surface area contributed by atoms with E-state index >= 15 is 0 Å². The van der Waals surface area contributed by atoms with E-state index in [1.54, 1.807) is 0 Å². The molecule has 0 saturated heterocycles. The molecule has 10 aromatic rings. The van der Waals surface area contributed by atoms with Crippen molar-refractivity contribution in [1.82, 2.24) is 0 Å². The van der Waals surface area contributed by atoms with Crippen molar-refractivity contribution >= 4 is 86.6 Å². The van der Waals surface area contributed by atoms with Crippen LogP contribution in [0.2, 0.25) is 0 Å². The summed E-state index contributed by atoms with van der Waals surface area (Å²) < 4.78 is 6.43. The number of rotatable bonds is 1. The lowest BCUT2D eigenvalue weighted by Crippen LogP contribution is -1.89. The second-order valence-corrected chi connectivity index (χ2v) is 11.7. The van der Waals surface area contributed by atoms with Gasteiger partial charge in [-0.2, -0.15) is 0 Å². The summed E-state index contributed by atoms with van der Waals surface area (Å²) in [5, 5.41) is 17.8. The number of hydrogen-bond donors (Lipinski definition) is 0. The molecule has 0 aliphatic carbocycles. The minimum absolute atomic E-state index is 0.920. The molecule has 0 aliphatic rings. The summed E-state index contributed by atoms with van der Waals surface area (Å²) in [7, 11) is 0. The molecule has 0 atom stereocenters. The minimum atomic E-state index is 0.920. The van der Waals surface area contributed by atoms with Gasteiger partial charge in [0.1, 0.15) is 11.2 Å². The quantitative estimate of drug-likeness (QED) is 0.187. The first kappa shape index (κ1) is 23.0. The van der Waals surface area contributed by atoms with Gasteiger partial charge in [0.2, 0.25) is 0 Å². The summed E-state index contributed by atoms with van der Waals surface area (Å²) in [6.07, 6.45) is 0. The van der Waals surface area contributed by atoms with Crippen LogP contribution in [0.3, 0.4) is 0 Å². The largest absolute Gasteiger partial charge is 0.456 e. The molecule has 198 valence electrons. The van der Waals surface area contributed by atoms with Crippen LogP contribution in [0.4, 0.5) is 0 Å². The first-order valence-electron chi connectivity index (χ1n) is 14.8. The van der Waals surface area contributed by atoms with Crippen molar-refractivity contribution in [1.29, 1.82) is 0 Å². The van der Waals surface area contributed by atoms with E-state index in [-0.39, 0.29) is 0 Å². The number of benzene rings is 9. The molecule has 9 aromatic carbocycles. The van der Waals surface area contributed by atoms with Crippen molar-refractivity contribution in [2.24, 2.45) is 0 Å². The first-order chi connectivity index (χ1) is 21.3. The third kappa shape index (κ3) is 3.17. The van der Waals surface area contributed by atoms with Crippen LogP contribution in [0, 0.1) is 0 Å². The highest BCUT2D eigenvalue weighted by Crippen LogP contribution is 2.45. The highest BCUT2D eigenvalue weighted by Gasteiger charge is 2.16. The highest BCUT2D eigenvalue weighted by molar-refractivity contribution is 6.39. The monoisotopic (exact) mass is 544 g/mol. The Morgan fingerprint density at radius 1 is 0.279 bits per heavy atom. The van der Waals surface area contributed by atoms with E-state index in [4.69, 9.17) is 4.42 Å². The molecule has 0 amide bonds. The maximum absolute atomic E-state index is 6.43. The Morgan fingerprint density at radius 3 is 1.35 bits per heavy atom. The molecule has 0 saturated carbocycles. The molecule has 0 radical (unpaired) electrons. The predicted molar refractivity (Wildman–Crippen MR) is 184 cm³/mol. The van der Waals surface area contributed by atoms with Crippen molar-refractivity contribution in [3.05, 3.63) is 146 Å². The lowest BCUT2D eigenvalue weighted by molar-refractivity contribution is 0.669. The van der Waals surface area contributed by atoms with Crippen LogP contribution in [0.1, 0.15) is 0 Å². The highest BCUT2D eigenvalue weighted by atomic mass is 16.3. The average molecular weight is 545 g/mol. The van der Waals surface area contributed by atoms with Crippen molar-refractivity contribution in [2.45, 2.75) is 0 Å². The average Bonchev–Trinajstić information content (AvgIpc) is 3.43. The summed E-state index contributed by atoms with van der Waals surface area (Å²) in [6.45, 7) is 0. The third-order valence-corrected chi connectivity index (χ3v) is 9.38. The number of fused-ring (bicyclic) bond motifs is 15. The van der Waals surface area contributed by atoms with E-state index in [1.807, 2.05) is 0 Å². The number of hydrogen-bond acceptors (Lipinski definition) is 1. The van der Waals surface area contributed by atoms with Gasteiger partial charge in [0, 0.05) is 10.8 Å². The van der Waals surface area contributed by atoms with Crippen LogP contribution in [0.5, 0.6) is 0 Å². The Balaban J connectivity index is 1.28. The molecule has 1 aromatic heterocycles. The Kier molecular flexibility index (Phi) is 4.51. The Morgan fingerprint density at radius 2 is 0.721 bits per heavy atom. The molecule has 0 fully saturated rings. The zero-order valence-corrected chi connectivity index (χ0v) is 23.3. The molecule has 0 spiro atoms. The Bertz CT molecular complexity index is 2780. The number of furan rings is 1. The van der Waals surface area contributed by atoms with Gasteiger partial charge in [0.15, 0.2) is 0 Å². The zero-order valence-electron chi connectivity index (χ0n) is 23.3. The van der Waals surface area contributed by atoms with E-state index < -0.39 is 0 Å². The molecule has 0 N–H and O–H groups in total. The maximum Gasteiger partial charge on any atom is 0.136 e. The van der Waals surface area contributed by atoms with Crippen LogP contribution in [0.15, 0.2) is 150 Å². The fourth-order valence-electron chi connectivity index (χ4n) is 7.44. The fourth-order valence-corrected chi connectivity index (χ4v) is 7.44. The molecule has 0 unspecified atom stereocenters. The van der Waals surface area contributed by atoms with Crippen LogP contribution in [-0.4, -0.2) is 0 Å². The summed E-state index contributed by atoms with van der Waals surface area (Å²) in [5.41, 5.74) is 4.20. The van der Waals surface area contributed by atoms with E-state index in [0.29, 0.717) is 0 Å². The van der Waals surface area contributed by atoms with Gasteiger partial charge in [-0.25, -0.2) is 0 Å². The second-order valence-electron chi connectivity index (χ2n) is 11.7. The molecule has 1 heteroatoms. The van der Waals surface area contributed by atoms with Gasteiger partial charge < -0.3 is 4.42 Å². The van der Waals surface area contributed by atoms with Gasteiger partial charge in [0.05, 0.1) is 0 Å². The molecule has 10 rings (SSSR count). The SMILES string of the molecule is c1ccc2cc3c(cc2c1)oc1cc(-c2ccc4c(c2)c2ccccc2c2c5ccccc5c5ccccc5c42)ccc13. The van der Waals surface area contributed by atoms with Gasteiger partial charge in [-0.1, -0.05) is 115 Å². The molecule has 0 aliphatic heterocycles. The van der Waals surface area contributed by atoms with Gasteiger partial charge in [-0.15, -0.1) is 0 Å². The molecule has 0 bridgehead atoms. The van der Waals surface area contributed by atoms with Gasteiger partial charge in [0.25, 0.3) is 0 Å². The van der Waals surface area contributed by atoms with Crippen molar-refractivity contribution in [3.8, 4) is 11.1 Å². The van der Waals surface area contributed by atoms with Crippen molar-refractivity contribution < 1.29 is 4.42 Å². The topological polar surface area (TPSA) is 13.1 Å². The lowest BCUT2D eigenvalue weighted by Gasteiger charge is -2.17. The Labute approximate surface area is 247 Å². The standard InChI is InChI=1S/C42H24O/c1-2-10-26-23-40-38(22-25(26)9-1)32-19-17-28(24-39(32)43-40)27-18-20-36-37(21-27)31-13-5-8-16-35(31)41-33-14-6-3-11-29(33)30-12-4-7-15-34(30)42(36)41/h1-24H. The molecule has 43 heavy (non-hydrogen) atoms.